The smallest absolute Gasteiger partial charge is 0.338 e. The number of fused-ring (bicyclic) bond motifs is 1. The maximum atomic E-state index is 13.7. The number of hydrogen-bond acceptors (Lipinski definition) is 7. The Morgan fingerprint density at radius 1 is 1.11 bits per heavy atom. The number of allylic oxidation sites excluding steroid dienone is 1. The van der Waals surface area contributed by atoms with Gasteiger partial charge in [0, 0.05) is 11.6 Å². The highest BCUT2D eigenvalue weighted by Gasteiger charge is 2.33. The van der Waals surface area contributed by atoms with Crippen molar-refractivity contribution in [3.05, 3.63) is 114 Å². The van der Waals surface area contributed by atoms with Gasteiger partial charge in [0.25, 0.3) is 5.56 Å². The molecule has 0 bridgehead atoms. The van der Waals surface area contributed by atoms with Gasteiger partial charge in [0.05, 0.1) is 34.0 Å². The Morgan fingerprint density at radius 3 is 2.55 bits per heavy atom. The number of benzene rings is 2. The van der Waals surface area contributed by atoms with Crippen LogP contribution >= 0.6 is 11.3 Å². The molecular weight excluding hydrogens is 504 g/mol. The summed E-state index contributed by atoms with van der Waals surface area (Å²) in [6, 6.07) is 16.9. The quantitative estimate of drug-likeness (QED) is 0.378. The van der Waals surface area contributed by atoms with Crippen LogP contribution in [0.25, 0.3) is 17.4 Å². The van der Waals surface area contributed by atoms with Crippen LogP contribution in [0.2, 0.25) is 0 Å². The number of carbonyl (C=O) groups is 2. The lowest BCUT2D eigenvalue weighted by Crippen LogP contribution is -2.39. The van der Waals surface area contributed by atoms with Crippen LogP contribution in [0.1, 0.15) is 47.1 Å². The fourth-order valence-corrected chi connectivity index (χ4v) is 5.47. The summed E-state index contributed by atoms with van der Waals surface area (Å²) in [5, 5.41) is 9.51. The van der Waals surface area contributed by atoms with Crippen molar-refractivity contribution in [2.75, 3.05) is 6.61 Å². The summed E-state index contributed by atoms with van der Waals surface area (Å²) >= 11 is 1.19. The van der Waals surface area contributed by atoms with Gasteiger partial charge in [-0.15, -0.1) is 0 Å². The molecule has 3 heterocycles. The molecule has 38 heavy (non-hydrogen) atoms. The maximum absolute atomic E-state index is 13.7. The first-order valence-corrected chi connectivity index (χ1v) is 12.8. The molecular formula is C29H24N2O6S. The normalized spacial score (nSPS) is 15.2. The average molecular weight is 529 g/mol. The van der Waals surface area contributed by atoms with E-state index < -0.39 is 18.0 Å². The largest absolute Gasteiger partial charge is 0.478 e. The van der Waals surface area contributed by atoms with Crippen LogP contribution in [-0.4, -0.2) is 28.2 Å². The molecule has 1 aliphatic heterocycles. The van der Waals surface area contributed by atoms with Gasteiger partial charge in [-0.1, -0.05) is 59.4 Å². The molecule has 0 radical (unpaired) electrons. The van der Waals surface area contributed by atoms with Crippen LogP contribution in [0, 0.1) is 6.92 Å². The molecule has 2 aromatic carbocycles. The van der Waals surface area contributed by atoms with Crippen molar-refractivity contribution in [2.45, 2.75) is 26.8 Å². The molecule has 5 rings (SSSR count). The van der Waals surface area contributed by atoms with Crippen LogP contribution in [-0.2, 0) is 9.53 Å². The molecule has 1 N–H and O–H groups in total. The Labute approximate surface area is 221 Å². The standard InChI is InChI=1S/C29H24N2O6S/c1-4-36-28(35)24-17(3)30-29-31(25(24)18-11-9-16(2)10-12-18)26(32)23(38-29)15-19-13-14-22(37-19)20-7-5-6-8-21(20)27(33)34/h5-15,25H,4H2,1-3H3,(H,33,34)/b23-15-. The summed E-state index contributed by atoms with van der Waals surface area (Å²) in [6.45, 7) is 5.64. The molecule has 0 saturated carbocycles. The van der Waals surface area contributed by atoms with Crippen molar-refractivity contribution in [2.24, 2.45) is 4.99 Å². The zero-order valence-electron chi connectivity index (χ0n) is 20.9. The third-order valence-electron chi connectivity index (χ3n) is 6.23. The Bertz CT molecular complexity index is 1770. The van der Waals surface area contributed by atoms with Gasteiger partial charge in [-0.25, -0.2) is 14.6 Å². The highest BCUT2D eigenvalue weighted by Crippen LogP contribution is 2.31. The molecule has 0 fully saturated rings. The molecule has 9 heteroatoms. The second-order valence-electron chi connectivity index (χ2n) is 8.77. The topological polar surface area (TPSA) is 111 Å². The average Bonchev–Trinajstić information content (AvgIpc) is 3.48. The number of aryl methyl sites for hydroxylation is 1. The number of ether oxygens (including phenoxy) is 1. The Morgan fingerprint density at radius 2 is 1.84 bits per heavy atom. The first-order chi connectivity index (χ1) is 18.3. The predicted molar refractivity (Wildman–Crippen MR) is 143 cm³/mol. The van der Waals surface area contributed by atoms with Gasteiger partial charge in [-0.3, -0.25) is 9.36 Å². The number of thiazole rings is 1. The highest BCUT2D eigenvalue weighted by molar-refractivity contribution is 7.07. The summed E-state index contributed by atoms with van der Waals surface area (Å²) in [4.78, 5) is 43.3. The molecule has 4 aromatic rings. The van der Waals surface area contributed by atoms with E-state index in [1.165, 1.54) is 22.0 Å². The van der Waals surface area contributed by atoms with Crippen LogP contribution in [0.4, 0.5) is 0 Å². The van der Waals surface area contributed by atoms with Crippen LogP contribution < -0.4 is 14.9 Å². The van der Waals surface area contributed by atoms with Gasteiger partial charge in [0.2, 0.25) is 0 Å². The lowest BCUT2D eigenvalue weighted by Gasteiger charge is -2.24. The minimum Gasteiger partial charge on any atom is -0.478 e. The number of hydrogen-bond donors (Lipinski definition) is 1. The van der Waals surface area contributed by atoms with E-state index in [-0.39, 0.29) is 17.7 Å². The number of rotatable bonds is 6. The molecule has 8 nitrogen and oxygen atoms in total. The van der Waals surface area contributed by atoms with Gasteiger partial charge in [-0.05, 0) is 44.5 Å². The third kappa shape index (κ3) is 4.52. The SMILES string of the molecule is CCOC(=O)C1=C(C)N=c2s/c(=C\c3ccc(-c4ccccc4C(=O)O)o3)c(=O)n2C1c1ccc(C)cc1. The molecule has 0 amide bonds. The molecule has 192 valence electrons. The number of carbonyl (C=O) groups excluding carboxylic acids is 1. The lowest BCUT2D eigenvalue weighted by molar-refractivity contribution is -0.139. The van der Waals surface area contributed by atoms with Crippen molar-refractivity contribution in [1.29, 1.82) is 0 Å². The minimum atomic E-state index is -1.06. The summed E-state index contributed by atoms with van der Waals surface area (Å²) in [6.07, 6.45) is 1.60. The minimum absolute atomic E-state index is 0.118. The number of furan rings is 1. The van der Waals surface area contributed by atoms with E-state index in [0.717, 1.165) is 11.1 Å². The van der Waals surface area contributed by atoms with Gasteiger partial charge >= 0.3 is 11.9 Å². The van der Waals surface area contributed by atoms with Gasteiger partial charge < -0.3 is 14.3 Å². The monoisotopic (exact) mass is 528 g/mol. The van der Waals surface area contributed by atoms with Crippen LogP contribution in [0.5, 0.6) is 0 Å². The van der Waals surface area contributed by atoms with E-state index in [0.29, 0.717) is 37.7 Å². The fraction of sp³-hybridized carbons (Fsp3) is 0.172. The van der Waals surface area contributed by atoms with E-state index in [1.54, 1.807) is 50.3 Å². The number of esters is 1. The summed E-state index contributed by atoms with van der Waals surface area (Å²) in [5.74, 6) is -0.809. The number of nitrogens with zero attached hydrogens (tertiary/aromatic N) is 2. The molecule has 1 unspecified atom stereocenters. The first-order valence-electron chi connectivity index (χ1n) is 12.0. The summed E-state index contributed by atoms with van der Waals surface area (Å²) < 4.78 is 13.1. The summed E-state index contributed by atoms with van der Waals surface area (Å²) in [5.41, 5.74) is 2.87. The number of carboxylic acids is 1. The fourth-order valence-electron chi connectivity index (χ4n) is 4.44. The van der Waals surface area contributed by atoms with E-state index in [9.17, 15) is 19.5 Å². The number of aromatic carboxylic acids is 1. The molecule has 0 saturated heterocycles. The van der Waals surface area contributed by atoms with Crippen LogP contribution in [0.15, 0.2) is 86.1 Å². The first kappa shape index (κ1) is 25.2. The Balaban J connectivity index is 1.64. The molecule has 1 atom stereocenters. The third-order valence-corrected chi connectivity index (χ3v) is 7.22. The number of aromatic nitrogens is 1. The van der Waals surface area contributed by atoms with E-state index in [2.05, 4.69) is 4.99 Å². The molecule has 0 aliphatic carbocycles. The predicted octanol–water partition coefficient (Wildman–Crippen LogP) is 4.06. The second kappa shape index (κ2) is 10.1. The maximum Gasteiger partial charge on any atom is 0.338 e. The molecule has 1 aliphatic rings. The molecule has 0 spiro atoms. The lowest BCUT2D eigenvalue weighted by atomic mass is 9.95. The van der Waals surface area contributed by atoms with Gasteiger partial charge in [0.15, 0.2) is 4.80 Å². The van der Waals surface area contributed by atoms with Crippen molar-refractivity contribution in [1.82, 2.24) is 4.57 Å². The zero-order chi connectivity index (χ0) is 27.0. The van der Waals surface area contributed by atoms with Gasteiger partial charge in [-0.2, -0.15) is 0 Å². The molecule has 2 aromatic heterocycles. The Hall–Kier alpha value is -4.50. The van der Waals surface area contributed by atoms with Crippen molar-refractivity contribution < 1.29 is 23.8 Å². The van der Waals surface area contributed by atoms with Crippen molar-refractivity contribution in [3.63, 3.8) is 0 Å². The van der Waals surface area contributed by atoms with Crippen molar-refractivity contribution in [3.8, 4) is 11.3 Å². The van der Waals surface area contributed by atoms with E-state index >= 15 is 0 Å². The van der Waals surface area contributed by atoms with E-state index in [1.807, 2.05) is 31.2 Å². The summed E-state index contributed by atoms with van der Waals surface area (Å²) in [7, 11) is 0. The Kier molecular flexibility index (Phi) is 6.69. The van der Waals surface area contributed by atoms with Gasteiger partial charge in [0.1, 0.15) is 11.5 Å². The second-order valence-corrected chi connectivity index (χ2v) is 9.77. The van der Waals surface area contributed by atoms with Crippen LogP contribution in [0.3, 0.4) is 0 Å². The van der Waals surface area contributed by atoms with Crippen molar-refractivity contribution >= 4 is 29.4 Å². The zero-order valence-corrected chi connectivity index (χ0v) is 21.7. The van der Waals surface area contributed by atoms with E-state index in [4.69, 9.17) is 9.15 Å². The number of carboxylic acid groups (broad SMARTS) is 1. The highest BCUT2D eigenvalue weighted by atomic mass is 32.1.